The molecule has 120 valence electrons. The molecule has 0 radical (unpaired) electrons. The van der Waals surface area contributed by atoms with Crippen LogP contribution < -0.4 is 14.2 Å². The minimum Gasteiger partial charge on any atom is -0.454 e. The van der Waals surface area contributed by atoms with E-state index in [0.717, 1.165) is 0 Å². The van der Waals surface area contributed by atoms with Gasteiger partial charge in [0, 0.05) is 32.1 Å². The smallest absolute Gasteiger partial charge is 0.240 e. The van der Waals surface area contributed by atoms with Crippen molar-refractivity contribution in [2.75, 3.05) is 19.9 Å². The molecular formula is C14H18N2O5S. The Bertz CT molecular complexity index is 680. The summed E-state index contributed by atoms with van der Waals surface area (Å²) >= 11 is 0. The van der Waals surface area contributed by atoms with Gasteiger partial charge in [-0.15, -0.1) is 0 Å². The maximum absolute atomic E-state index is 12.4. The Morgan fingerprint density at radius 2 is 1.91 bits per heavy atom. The van der Waals surface area contributed by atoms with Gasteiger partial charge in [0.15, 0.2) is 11.5 Å². The monoisotopic (exact) mass is 326 g/mol. The van der Waals surface area contributed by atoms with E-state index >= 15 is 0 Å². The molecule has 2 aliphatic heterocycles. The largest absolute Gasteiger partial charge is 0.454 e. The van der Waals surface area contributed by atoms with Gasteiger partial charge in [-0.05, 0) is 25.0 Å². The van der Waals surface area contributed by atoms with Gasteiger partial charge in [-0.3, -0.25) is 4.79 Å². The second-order valence-corrected chi connectivity index (χ2v) is 7.13. The highest BCUT2D eigenvalue weighted by Gasteiger charge is 2.26. The van der Waals surface area contributed by atoms with Gasteiger partial charge in [0.2, 0.25) is 22.7 Å². The number of nitrogens with one attached hydrogen (secondary N) is 1. The molecule has 3 rings (SSSR count). The third-order valence-corrected chi connectivity index (χ3v) is 5.43. The summed E-state index contributed by atoms with van der Waals surface area (Å²) in [5.41, 5.74) is 0. The van der Waals surface area contributed by atoms with Crippen molar-refractivity contribution in [3.8, 4) is 11.5 Å². The van der Waals surface area contributed by atoms with E-state index in [1.54, 1.807) is 11.0 Å². The number of sulfonamides is 1. The number of carbonyl (C=O) groups excluding carboxylic acids is 1. The highest BCUT2D eigenvalue weighted by molar-refractivity contribution is 7.89. The summed E-state index contributed by atoms with van der Waals surface area (Å²) in [6, 6.07) is 4.40. The van der Waals surface area contributed by atoms with E-state index in [9.17, 15) is 13.2 Å². The van der Waals surface area contributed by atoms with E-state index < -0.39 is 10.0 Å². The van der Waals surface area contributed by atoms with Gasteiger partial charge in [0.25, 0.3) is 0 Å². The normalized spacial score (nSPS) is 18.5. The molecule has 0 saturated carbocycles. The molecule has 0 bridgehead atoms. The van der Waals surface area contributed by atoms with Crippen LogP contribution in [0.2, 0.25) is 0 Å². The Kier molecular flexibility index (Phi) is 3.96. The molecule has 22 heavy (non-hydrogen) atoms. The van der Waals surface area contributed by atoms with E-state index in [2.05, 4.69) is 4.72 Å². The van der Waals surface area contributed by atoms with Crippen LogP contribution in [0.5, 0.6) is 11.5 Å². The zero-order valence-corrected chi connectivity index (χ0v) is 13.1. The van der Waals surface area contributed by atoms with Crippen LogP contribution in [0.15, 0.2) is 23.1 Å². The average molecular weight is 326 g/mol. The molecule has 2 aliphatic rings. The lowest BCUT2D eigenvalue weighted by molar-refractivity contribution is -0.129. The van der Waals surface area contributed by atoms with Crippen molar-refractivity contribution >= 4 is 15.9 Å². The summed E-state index contributed by atoms with van der Waals surface area (Å²) in [5, 5.41) is 0. The maximum atomic E-state index is 12.4. The number of piperidine rings is 1. The van der Waals surface area contributed by atoms with Crippen molar-refractivity contribution in [3.05, 3.63) is 18.2 Å². The molecule has 1 amide bonds. The molecule has 1 saturated heterocycles. The minimum absolute atomic E-state index is 0.0251. The van der Waals surface area contributed by atoms with Crippen LogP contribution in [-0.4, -0.2) is 45.1 Å². The number of likely N-dealkylation sites (tertiary alicyclic amines) is 1. The van der Waals surface area contributed by atoms with Gasteiger partial charge in [-0.2, -0.15) is 0 Å². The Labute approximate surface area is 129 Å². The van der Waals surface area contributed by atoms with Crippen molar-refractivity contribution in [1.82, 2.24) is 9.62 Å². The Morgan fingerprint density at radius 1 is 1.23 bits per heavy atom. The zero-order valence-electron chi connectivity index (χ0n) is 12.2. The first-order valence-corrected chi connectivity index (χ1v) is 8.61. The van der Waals surface area contributed by atoms with Crippen LogP contribution in [-0.2, 0) is 14.8 Å². The van der Waals surface area contributed by atoms with Gasteiger partial charge in [-0.1, -0.05) is 0 Å². The second-order valence-electron chi connectivity index (χ2n) is 5.42. The van der Waals surface area contributed by atoms with Gasteiger partial charge < -0.3 is 14.4 Å². The fourth-order valence-corrected chi connectivity index (χ4v) is 3.96. The number of ether oxygens (including phenoxy) is 2. The van der Waals surface area contributed by atoms with Gasteiger partial charge in [0.05, 0.1) is 4.90 Å². The van der Waals surface area contributed by atoms with Crippen LogP contribution in [0.4, 0.5) is 0 Å². The van der Waals surface area contributed by atoms with E-state index in [-0.39, 0.29) is 23.6 Å². The third-order valence-electron chi connectivity index (χ3n) is 3.92. The number of amides is 1. The molecule has 2 heterocycles. The summed E-state index contributed by atoms with van der Waals surface area (Å²) in [6.45, 7) is 2.78. The summed E-state index contributed by atoms with van der Waals surface area (Å²) in [7, 11) is -3.61. The van der Waals surface area contributed by atoms with Crippen molar-refractivity contribution in [3.63, 3.8) is 0 Å². The van der Waals surface area contributed by atoms with Crippen molar-refractivity contribution in [2.45, 2.75) is 30.7 Å². The Morgan fingerprint density at radius 3 is 2.59 bits per heavy atom. The molecule has 0 aromatic heterocycles. The molecule has 1 aromatic carbocycles. The quantitative estimate of drug-likeness (QED) is 0.884. The van der Waals surface area contributed by atoms with Crippen LogP contribution in [0.25, 0.3) is 0 Å². The molecule has 8 heteroatoms. The fourth-order valence-electron chi connectivity index (χ4n) is 2.64. The van der Waals surface area contributed by atoms with Crippen LogP contribution in [0.1, 0.15) is 19.8 Å². The van der Waals surface area contributed by atoms with Crippen LogP contribution >= 0.6 is 0 Å². The number of rotatable bonds is 3. The first-order valence-electron chi connectivity index (χ1n) is 7.13. The number of fused-ring (bicyclic) bond motifs is 1. The minimum atomic E-state index is -3.61. The molecule has 0 aliphatic carbocycles. The predicted octanol–water partition coefficient (Wildman–Crippen LogP) is 0.704. The van der Waals surface area contributed by atoms with Crippen LogP contribution in [0.3, 0.4) is 0 Å². The maximum Gasteiger partial charge on any atom is 0.240 e. The highest BCUT2D eigenvalue weighted by atomic mass is 32.2. The fraction of sp³-hybridized carbons (Fsp3) is 0.500. The van der Waals surface area contributed by atoms with E-state index in [0.29, 0.717) is 37.4 Å². The number of hydrogen-bond donors (Lipinski definition) is 1. The predicted molar refractivity (Wildman–Crippen MR) is 78.2 cm³/mol. The summed E-state index contributed by atoms with van der Waals surface area (Å²) in [4.78, 5) is 13.2. The van der Waals surface area contributed by atoms with Gasteiger partial charge in [0.1, 0.15) is 0 Å². The first kappa shape index (κ1) is 15.1. The molecule has 0 unspecified atom stereocenters. The SMILES string of the molecule is CC(=O)N1CCC(NS(=O)(=O)c2ccc3c(c2)OCO3)CC1. The number of nitrogens with zero attached hydrogens (tertiary/aromatic N) is 1. The first-order chi connectivity index (χ1) is 10.5. The average Bonchev–Trinajstić information content (AvgIpc) is 2.94. The van der Waals surface area contributed by atoms with Crippen molar-refractivity contribution < 1.29 is 22.7 Å². The standard InChI is InChI=1S/C14H18N2O5S/c1-10(17)16-6-4-11(5-7-16)15-22(18,19)12-2-3-13-14(8-12)21-9-20-13/h2-3,8,11,15H,4-7,9H2,1H3. The summed E-state index contributed by atoms with van der Waals surface area (Å²) in [6.07, 6.45) is 1.23. The molecule has 1 aromatic rings. The Balaban J connectivity index is 1.68. The number of hydrogen-bond acceptors (Lipinski definition) is 5. The highest BCUT2D eigenvalue weighted by Crippen LogP contribution is 2.33. The van der Waals surface area contributed by atoms with E-state index in [1.807, 2.05) is 0 Å². The van der Waals surface area contributed by atoms with Gasteiger partial charge >= 0.3 is 0 Å². The number of carbonyl (C=O) groups is 1. The molecule has 7 nitrogen and oxygen atoms in total. The zero-order chi connectivity index (χ0) is 15.7. The lowest BCUT2D eigenvalue weighted by atomic mass is 10.1. The molecule has 1 N–H and O–H groups in total. The lowest BCUT2D eigenvalue weighted by Crippen LogP contribution is -2.45. The summed E-state index contributed by atoms with van der Waals surface area (Å²) < 4.78 is 37.9. The summed E-state index contributed by atoms with van der Waals surface area (Å²) in [5.74, 6) is 1.01. The van der Waals surface area contributed by atoms with E-state index in [1.165, 1.54) is 19.1 Å². The molecule has 0 spiro atoms. The Hall–Kier alpha value is -1.80. The lowest BCUT2D eigenvalue weighted by Gasteiger charge is -2.31. The molecule has 1 fully saturated rings. The molecular weight excluding hydrogens is 308 g/mol. The van der Waals surface area contributed by atoms with Gasteiger partial charge in [-0.25, -0.2) is 13.1 Å². The van der Waals surface area contributed by atoms with Crippen molar-refractivity contribution in [1.29, 1.82) is 0 Å². The third kappa shape index (κ3) is 3.02. The number of benzene rings is 1. The molecule has 0 atom stereocenters. The van der Waals surface area contributed by atoms with Crippen molar-refractivity contribution in [2.24, 2.45) is 0 Å². The van der Waals surface area contributed by atoms with E-state index in [4.69, 9.17) is 9.47 Å². The topological polar surface area (TPSA) is 84.9 Å². The second kappa shape index (κ2) is 5.77. The van der Waals surface area contributed by atoms with Crippen LogP contribution in [0, 0.1) is 0 Å².